The van der Waals surface area contributed by atoms with Crippen LogP contribution in [0, 0.1) is 0 Å². The van der Waals surface area contributed by atoms with Crippen molar-refractivity contribution in [2.45, 2.75) is 37.5 Å². The van der Waals surface area contributed by atoms with Crippen LogP contribution in [0.1, 0.15) is 48.4 Å². The number of likely N-dealkylation sites (tertiary alicyclic amines) is 1. The summed E-state index contributed by atoms with van der Waals surface area (Å²) in [6, 6.07) is 2.01. The number of carbonyl (C=O) groups is 1. The molecule has 3 heterocycles. The van der Waals surface area contributed by atoms with Crippen LogP contribution < -0.4 is 0 Å². The fourth-order valence-corrected chi connectivity index (χ4v) is 3.46. The number of hydrogen-bond acceptors (Lipinski definition) is 5. The van der Waals surface area contributed by atoms with Gasteiger partial charge in [0.1, 0.15) is 0 Å². The van der Waals surface area contributed by atoms with Crippen molar-refractivity contribution < 1.29 is 9.32 Å². The molecule has 6 heteroatoms. The molecule has 1 aliphatic carbocycles. The maximum absolute atomic E-state index is 12.3. The van der Waals surface area contributed by atoms with E-state index < -0.39 is 0 Å². The first-order chi connectivity index (χ1) is 10.3. The Morgan fingerprint density at radius 1 is 1.38 bits per heavy atom. The molecule has 2 aliphatic rings. The Morgan fingerprint density at radius 3 is 3.05 bits per heavy atom. The van der Waals surface area contributed by atoms with E-state index in [4.69, 9.17) is 4.52 Å². The predicted molar refractivity (Wildman–Crippen MR) is 78.2 cm³/mol. The Hall–Kier alpha value is -1.69. The number of carbonyl (C=O) groups excluding carboxylic acids is 1. The summed E-state index contributed by atoms with van der Waals surface area (Å²) < 4.78 is 5.32. The van der Waals surface area contributed by atoms with Crippen LogP contribution in [0.3, 0.4) is 0 Å². The molecule has 1 saturated heterocycles. The molecule has 0 aromatic carbocycles. The van der Waals surface area contributed by atoms with E-state index in [1.807, 2.05) is 21.7 Å². The SMILES string of the molecule is O=C(Cc1ccsc1)N1CCC(c2noc(C3CC3)n2)C1. The highest BCUT2D eigenvalue weighted by Crippen LogP contribution is 2.39. The van der Waals surface area contributed by atoms with Crippen molar-refractivity contribution in [2.24, 2.45) is 0 Å². The third-order valence-corrected chi connectivity index (χ3v) is 4.96. The lowest BCUT2D eigenvalue weighted by Gasteiger charge is -2.15. The highest BCUT2D eigenvalue weighted by molar-refractivity contribution is 7.07. The Labute approximate surface area is 127 Å². The van der Waals surface area contributed by atoms with E-state index in [-0.39, 0.29) is 11.8 Å². The predicted octanol–water partition coefficient (Wildman–Crippen LogP) is 2.57. The molecule has 0 radical (unpaired) electrons. The van der Waals surface area contributed by atoms with Gasteiger partial charge in [-0.15, -0.1) is 0 Å². The van der Waals surface area contributed by atoms with Gasteiger partial charge in [-0.1, -0.05) is 5.16 Å². The zero-order valence-corrected chi connectivity index (χ0v) is 12.5. The highest BCUT2D eigenvalue weighted by atomic mass is 32.1. The molecule has 1 atom stereocenters. The highest BCUT2D eigenvalue weighted by Gasteiger charge is 2.34. The fourth-order valence-electron chi connectivity index (χ4n) is 2.79. The molecule has 0 N–H and O–H groups in total. The number of hydrogen-bond donors (Lipinski definition) is 0. The van der Waals surface area contributed by atoms with Crippen LogP contribution in [-0.2, 0) is 11.2 Å². The van der Waals surface area contributed by atoms with Gasteiger partial charge >= 0.3 is 0 Å². The molecule has 1 aliphatic heterocycles. The zero-order chi connectivity index (χ0) is 14.2. The van der Waals surface area contributed by atoms with Gasteiger partial charge in [0.2, 0.25) is 11.8 Å². The molecule has 2 aromatic heterocycles. The van der Waals surface area contributed by atoms with Gasteiger partial charge in [-0.05, 0) is 41.7 Å². The van der Waals surface area contributed by atoms with Gasteiger partial charge in [0.05, 0.1) is 6.42 Å². The van der Waals surface area contributed by atoms with Crippen LogP contribution in [0.2, 0.25) is 0 Å². The van der Waals surface area contributed by atoms with E-state index in [0.717, 1.165) is 43.1 Å². The second-order valence-corrected chi connectivity index (χ2v) is 6.68. The summed E-state index contributed by atoms with van der Waals surface area (Å²) in [7, 11) is 0. The number of rotatable bonds is 4. The first kappa shape index (κ1) is 13.0. The Bertz CT molecular complexity index is 633. The van der Waals surface area contributed by atoms with Crippen LogP contribution in [-0.4, -0.2) is 34.0 Å². The largest absolute Gasteiger partial charge is 0.342 e. The molecule has 1 amide bonds. The van der Waals surface area contributed by atoms with E-state index >= 15 is 0 Å². The summed E-state index contributed by atoms with van der Waals surface area (Å²) in [6.07, 6.45) is 3.75. The standard InChI is InChI=1S/C15H17N3O2S/c19-13(7-10-4-6-21-9-10)18-5-3-12(8-18)14-16-15(20-17-14)11-1-2-11/h4,6,9,11-12H,1-3,5,7-8H2. The lowest BCUT2D eigenvalue weighted by Crippen LogP contribution is -2.29. The molecule has 1 saturated carbocycles. The maximum atomic E-state index is 12.3. The summed E-state index contributed by atoms with van der Waals surface area (Å²) in [5.41, 5.74) is 1.10. The van der Waals surface area contributed by atoms with Crippen LogP contribution >= 0.6 is 11.3 Å². The lowest BCUT2D eigenvalue weighted by molar-refractivity contribution is -0.129. The van der Waals surface area contributed by atoms with Gasteiger partial charge in [-0.2, -0.15) is 16.3 Å². The van der Waals surface area contributed by atoms with Crippen molar-refractivity contribution in [3.8, 4) is 0 Å². The minimum Gasteiger partial charge on any atom is -0.342 e. The minimum absolute atomic E-state index is 0.196. The molecule has 0 spiro atoms. The normalized spacial score (nSPS) is 21.9. The third-order valence-electron chi connectivity index (χ3n) is 4.23. The second-order valence-electron chi connectivity index (χ2n) is 5.90. The van der Waals surface area contributed by atoms with E-state index in [1.54, 1.807) is 11.3 Å². The molecule has 4 rings (SSSR count). The Kier molecular flexibility index (Phi) is 3.25. The monoisotopic (exact) mass is 303 g/mol. The first-order valence-electron chi connectivity index (χ1n) is 7.42. The third kappa shape index (κ3) is 2.72. The summed E-state index contributed by atoms with van der Waals surface area (Å²) in [5.74, 6) is 2.48. The van der Waals surface area contributed by atoms with Gasteiger partial charge in [0, 0.05) is 24.9 Å². The van der Waals surface area contributed by atoms with Crippen molar-refractivity contribution >= 4 is 17.2 Å². The summed E-state index contributed by atoms with van der Waals surface area (Å²) >= 11 is 1.63. The fraction of sp³-hybridized carbons (Fsp3) is 0.533. The van der Waals surface area contributed by atoms with Crippen LogP contribution in [0.4, 0.5) is 0 Å². The average Bonchev–Trinajstić information content (AvgIpc) is 2.94. The minimum atomic E-state index is 0.196. The first-order valence-corrected chi connectivity index (χ1v) is 8.36. The van der Waals surface area contributed by atoms with E-state index in [9.17, 15) is 4.79 Å². The van der Waals surface area contributed by atoms with Crippen molar-refractivity contribution in [3.05, 3.63) is 34.1 Å². The van der Waals surface area contributed by atoms with Gasteiger partial charge in [-0.25, -0.2) is 0 Å². The van der Waals surface area contributed by atoms with Crippen LogP contribution in [0.5, 0.6) is 0 Å². The summed E-state index contributed by atoms with van der Waals surface area (Å²) in [6.45, 7) is 1.51. The molecule has 5 nitrogen and oxygen atoms in total. The van der Waals surface area contributed by atoms with Crippen molar-refractivity contribution in [1.29, 1.82) is 0 Å². The van der Waals surface area contributed by atoms with Gasteiger partial charge in [0.25, 0.3) is 0 Å². The van der Waals surface area contributed by atoms with E-state index in [0.29, 0.717) is 18.9 Å². The van der Waals surface area contributed by atoms with E-state index in [1.165, 1.54) is 0 Å². The number of nitrogens with zero attached hydrogens (tertiary/aromatic N) is 3. The maximum Gasteiger partial charge on any atom is 0.229 e. The molecule has 2 aromatic rings. The van der Waals surface area contributed by atoms with Gasteiger partial charge in [-0.3, -0.25) is 4.79 Å². The molecule has 0 bridgehead atoms. The summed E-state index contributed by atoms with van der Waals surface area (Å²) in [4.78, 5) is 18.7. The van der Waals surface area contributed by atoms with Crippen LogP contribution in [0.15, 0.2) is 21.3 Å². The molecular formula is C15H17N3O2S. The molecule has 21 heavy (non-hydrogen) atoms. The van der Waals surface area contributed by atoms with Crippen molar-refractivity contribution in [1.82, 2.24) is 15.0 Å². The zero-order valence-electron chi connectivity index (χ0n) is 11.7. The summed E-state index contributed by atoms with van der Waals surface area (Å²) in [5, 5.41) is 8.15. The van der Waals surface area contributed by atoms with Crippen molar-refractivity contribution in [3.63, 3.8) is 0 Å². The second kappa shape index (κ2) is 5.26. The molecular weight excluding hydrogens is 286 g/mol. The van der Waals surface area contributed by atoms with Gasteiger partial charge < -0.3 is 9.42 Å². The molecule has 110 valence electrons. The number of thiophene rings is 1. The van der Waals surface area contributed by atoms with Crippen LogP contribution in [0.25, 0.3) is 0 Å². The average molecular weight is 303 g/mol. The number of aromatic nitrogens is 2. The van der Waals surface area contributed by atoms with Gasteiger partial charge in [0.15, 0.2) is 5.82 Å². The number of amides is 1. The lowest BCUT2D eigenvalue weighted by atomic mass is 10.1. The topological polar surface area (TPSA) is 59.2 Å². The molecule has 1 unspecified atom stereocenters. The molecule has 2 fully saturated rings. The smallest absolute Gasteiger partial charge is 0.229 e. The van der Waals surface area contributed by atoms with Crippen molar-refractivity contribution in [2.75, 3.05) is 13.1 Å². The Morgan fingerprint density at radius 2 is 2.29 bits per heavy atom. The quantitative estimate of drug-likeness (QED) is 0.871. The Balaban J connectivity index is 1.38. The van der Waals surface area contributed by atoms with E-state index in [2.05, 4.69) is 10.1 Å².